The summed E-state index contributed by atoms with van der Waals surface area (Å²) in [4.78, 5) is 16.6. The maximum Gasteiger partial charge on any atom is 0.258 e. The molecule has 112 valence electrons. The molecule has 0 radical (unpaired) electrons. The first-order chi connectivity index (χ1) is 9.98. The molecule has 0 spiro atoms. The average Bonchev–Trinajstić information content (AvgIpc) is 3.03. The molecule has 0 bridgehead atoms. The summed E-state index contributed by atoms with van der Waals surface area (Å²) >= 11 is 0. The van der Waals surface area contributed by atoms with Crippen LogP contribution in [-0.4, -0.2) is 46.5 Å². The number of hydrogen-bond donors (Lipinski definition) is 2. The van der Waals surface area contributed by atoms with Crippen LogP contribution in [0.2, 0.25) is 0 Å². The number of ether oxygens (including phenoxy) is 1. The lowest BCUT2D eigenvalue weighted by Crippen LogP contribution is -2.43. The second kappa shape index (κ2) is 5.09. The molecule has 1 amide bonds. The zero-order valence-electron chi connectivity index (χ0n) is 12.0. The molecule has 3 rings (SSSR count). The van der Waals surface area contributed by atoms with Gasteiger partial charge in [0, 0.05) is 25.3 Å². The minimum Gasteiger partial charge on any atom is -0.386 e. The first-order valence-corrected chi connectivity index (χ1v) is 6.80. The molecule has 3 heterocycles. The summed E-state index contributed by atoms with van der Waals surface area (Å²) in [7, 11) is 0. The van der Waals surface area contributed by atoms with E-state index < -0.39 is 5.60 Å². The van der Waals surface area contributed by atoms with Crippen molar-refractivity contribution in [3.8, 4) is 0 Å². The number of pyridine rings is 1. The topological polar surface area (TPSA) is 97.5 Å². The highest BCUT2D eigenvalue weighted by Gasteiger charge is 2.33. The third kappa shape index (κ3) is 2.62. The quantitative estimate of drug-likeness (QED) is 0.865. The predicted octanol–water partition coefficient (Wildman–Crippen LogP) is 0.721. The minimum atomic E-state index is -0.986. The molecular weight excluding hydrogens is 274 g/mol. The van der Waals surface area contributed by atoms with Crippen LogP contribution in [0.1, 0.15) is 28.2 Å². The monoisotopic (exact) mass is 291 g/mol. The number of hydrogen-bond acceptors (Lipinski definition) is 6. The summed E-state index contributed by atoms with van der Waals surface area (Å²) in [5.41, 5.74) is 1.11. The highest BCUT2D eigenvalue weighted by Crippen LogP contribution is 2.22. The van der Waals surface area contributed by atoms with Gasteiger partial charge in [-0.3, -0.25) is 4.79 Å². The lowest BCUT2D eigenvalue weighted by molar-refractivity contribution is 0.0265. The van der Waals surface area contributed by atoms with Gasteiger partial charge >= 0.3 is 0 Å². The van der Waals surface area contributed by atoms with Gasteiger partial charge in [0.05, 0.1) is 23.3 Å². The Morgan fingerprint density at radius 1 is 1.52 bits per heavy atom. The van der Waals surface area contributed by atoms with Crippen LogP contribution < -0.4 is 5.32 Å². The van der Waals surface area contributed by atoms with Crippen LogP contribution in [0.4, 0.5) is 0 Å². The minimum absolute atomic E-state index is 0.152. The molecule has 0 saturated carbocycles. The van der Waals surface area contributed by atoms with Gasteiger partial charge in [-0.25, -0.2) is 4.98 Å². The lowest BCUT2D eigenvalue weighted by atomic mass is 10.0. The predicted molar refractivity (Wildman–Crippen MR) is 74.0 cm³/mol. The van der Waals surface area contributed by atoms with Gasteiger partial charge in [0.25, 0.3) is 11.6 Å². The first-order valence-electron chi connectivity index (χ1n) is 6.80. The van der Waals surface area contributed by atoms with E-state index >= 15 is 0 Å². The maximum atomic E-state index is 12.4. The van der Waals surface area contributed by atoms with E-state index in [1.807, 2.05) is 0 Å². The number of nitrogens with one attached hydrogen (secondary N) is 1. The van der Waals surface area contributed by atoms with E-state index in [1.165, 1.54) is 0 Å². The smallest absolute Gasteiger partial charge is 0.258 e. The molecule has 1 aliphatic rings. The summed E-state index contributed by atoms with van der Waals surface area (Å²) in [5, 5.41) is 17.4. The SMILES string of the molecule is Cc1cc(C(=O)NCC2(O)CCOC2)c2c(C)noc2n1. The number of aromatic nitrogens is 2. The van der Waals surface area contributed by atoms with Crippen molar-refractivity contribution in [2.75, 3.05) is 19.8 Å². The Kier molecular flexibility index (Phi) is 3.38. The highest BCUT2D eigenvalue weighted by molar-refractivity contribution is 6.06. The number of fused-ring (bicyclic) bond motifs is 1. The average molecular weight is 291 g/mol. The molecule has 2 aromatic rings. The van der Waals surface area contributed by atoms with Crippen LogP contribution in [0.3, 0.4) is 0 Å². The molecule has 1 aliphatic heterocycles. The van der Waals surface area contributed by atoms with Crippen molar-refractivity contribution in [1.29, 1.82) is 0 Å². The van der Waals surface area contributed by atoms with E-state index in [-0.39, 0.29) is 19.1 Å². The van der Waals surface area contributed by atoms with Crippen molar-refractivity contribution in [3.05, 3.63) is 23.0 Å². The third-order valence-corrected chi connectivity index (χ3v) is 3.65. The normalized spacial score (nSPS) is 21.9. The molecule has 2 N–H and O–H groups in total. The van der Waals surface area contributed by atoms with Crippen LogP contribution in [0.25, 0.3) is 11.1 Å². The molecule has 1 unspecified atom stereocenters. The molecule has 21 heavy (non-hydrogen) atoms. The summed E-state index contributed by atoms with van der Waals surface area (Å²) in [6, 6.07) is 1.69. The molecule has 7 nitrogen and oxygen atoms in total. The van der Waals surface area contributed by atoms with Crippen molar-refractivity contribution in [2.24, 2.45) is 0 Å². The molecule has 0 aliphatic carbocycles. The van der Waals surface area contributed by atoms with Crippen molar-refractivity contribution < 1.29 is 19.2 Å². The van der Waals surface area contributed by atoms with Gasteiger partial charge < -0.3 is 19.7 Å². The third-order valence-electron chi connectivity index (χ3n) is 3.65. The fourth-order valence-corrected chi connectivity index (χ4v) is 2.47. The number of amides is 1. The van der Waals surface area contributed by atoms with Crippen molar-refractivity contribution in [2.45, 2.75) is 25.9 Å². The van der Waals surface area contributed by atoms with E-state index in [9.17, 15) is 9.90 Å². The largest absolute Gasteiger partial charge is 0.386 e. The lowest BCUT2D eigenvalue weighted by Gasteiger charge is -2.20. The van der Waals surface area contributed by atoms with E-state index in [2.05, 4.69) is 15.5 Å². The van der Waals surface area contributed by atoms with Gasteiger partial charge in [-0.15, -0.1) is 0 Å². The molecular formula is C14H17N3O4. The van der Waals surface area contributed by atoms with Crippen LogP contribution in [0.5, 0.6) is 0 Å². The van der Waals surface area contributed by atoms with Crippen molar-refractivity contribution in [1.82, 2.24) is 15.5 Å². The van der Waals surface area contributed by atoms with Crippen molar-refractivity contribution >= 4 is 17.0 Å². The fraction of sp³-hybridized carbons (Fsp3) is 0.500. The Morgan fingerprint density at radius 3 is 3.05 bits per heavy atom. The Bertz CT molecular complexity index is 689. The van der Waals surface area contributed by atoms with Gasteiger partial charge in [0.15, 0.2) is 0 Å². The van der Waals surface area contributed by atoms with Crippen molar-refractivity contribution in [3.63, 3.8) is 0 Å². The van der Waals surface area contributed by atoms with Crippen LogP contribution in [0.15, 0.2) is 10.6 Å². The molecule has 1 fully saturated rings. The number of carbonyl (C=O) groups is 1. The summed E-state index contributed by atoms with van der Waals surface area (Å²) in [6.07, 6.45) is 0.518. The Balaban J connectivity index is 1.85. The second-order valence-corrected chi connectivity index (χ2v) is 5.47. The standard InChI is InChI=1S/C14H17N3O4/c1-8-5-10(11-9(2)17-21-13(11)16-8)12(18)15-6-14(19)3-4-20-7-14/h5,19H,3-4,6-7H2,1-2H3,(H,15,18). The van der Waals surface area contributed by atoms with Gasteiger partial charge in [-0.05, 0) is 19.9 Å². The van der Waals surface area contributed by atoms with Crippen LogP contribution in [-0.2, 0) is 4.74 Å². The number of aliphatic hydroxyl groups is 1. The molecule has 0 aromatic carbocycles. The molecule has 2 aromatic heterocycles. The highest BCUT2D eigenvalue weighted by atomic mass is 16.5. The van der Waals surface area contributed by atoms with Crippen LogP contribution in [0, 0.1) is 13.8 Å². The molecule has 1 atom stereocenters. The van der Waals surface area contributed by atoms with Gasteiger partial charge in [0.2, 0.25) is 0 Å². The second-order valence-electron chi connectivity index (χ2n) is 5.47. The van der Waals surface area contributed by atoms with Gasteiger partial charge in [-0.2, -0.15) is 0 Å². The van der Waals surface area contributed by atoms with E-state index in [4.69, 9.17) is 9.26 Å². The zero-order chi connectivity index (χ0) is 15.0. The van der Waals surface area contributed by atoms with Gasteiger partial charge in [-0.1, -0.05) is 5.16 Å². The Hall–Kier alpha value is -1.99. The zero-order valence-corrected chi connectivity index (χ0v) is 12.0. The Morgan fingerprint density at radius 2 is 2.33 bits per heavy atom. The molecule has 1 saturated heterocycles. The first kappa shape index (κ1) is 14.0. The number of carbonyl (C=O) groups excluding carboxylic acids is 1. The number of aryl methyl sites for hydroxylation is 2. The maximum absolute atomic E-state index is 12.4. The van der Waals surface area contributed by atoms with E-state index in [1.54, 1.807) is 19.9 Å². The summed E-state index contributed by atoms with van der Waals surface area (Å²) < 4.78 is 10.3. The van der Waals surface area contributed by atoms with Gasteiger partial charge in [0.1, 0.15) is 5.60 Å². The summed E-state index contributed by atoms with van der Waals surface area (Å²) in [6.45, 7) is 4.45. The van der Waals surface area contributed by atoms with E-state index in [0.717, 1.165) is 0 Å². The van der Waals surface area contributed by atoms with Crippen LogP contribution >= 0.6 is 0 Å². The van der Waals surface area contributed by atoms with E-state index in [0.29, 0.717) is 41.1 Å². The molecule has 7 heteroatoms. The summed E-state index contributed by atoms with van der Waals surface area (Å²) in [5.74, 6) is -0.280. The number of rotatable bonds is 3. The fourth-order valence-electron chi connectivity index (χ4n) is 2.47. The number of nitrogens with zero attached hydrogens (tertiary/aromatic N) is 2. The Labute approximate surface area is 121 Å².